The summed E-state index contributed by atoms with van der Waals surface area (Å²) >= 11 is 8.02. The predicted molar refractivity (Wildman–Crippen MR) is 103 cm³/mol. The Morgan fingerprint density at radius 1 is 1.08 bits per heavy atom. The number of hydrogen-bond donors (Lipinski definition) is 0. The van der Waals surface area contributed by atoms with Gasteiger partial charge in [-0.15, -0.1) is 0 Å². The van der Waals surface area contributed by atoms with Crippen LogP contribution < -0.4 is 9.80 Å². The number of thiazole rings is 1. The minimum absolute atomic E-state index is 0.137. The van der Waals surface area contributed by atoms with E-state index in [-0.39, 0.29) is 5.91 Å². The van der Waals surface area contributed by atoms with Gasteiger partial charge in [0.2, 0.25) is 5.91 Å². The topological polar surface area (TPSA) is 39.7 Å². The number of carbonyl (C=O) groups excluding carboxylic acids is 1. The van der Waals surface area contributed by atoms with E-state index in [1.165, 1.54) is 12.8 Å². The van der Waals surface area contributed by atoms with E-state index < -0.39 is 0 Å². The Morgan fingerprint density at radius 2 is 1.84 bits per heavy atom. The molecule has 0 aliphatic carbocycles. The van der Waals surface area contributed by atoms with Gasteiger partial charge in [-0.3, -0.25) is 9.69 Å². The highest BCUT2D eigenvalue weighted by Gasteiger charge is 2.26. The van der Waals surface area contributed by atoms with Crippen molar-refractivity contribution in [1.29, 1.82) is 0 Å². The molecule has 1 aromatic heterocycles. The number of aromatic nitrogens is 1. The van der Waals surface area contributed by atoms with E-state index in [4.69, 9.17) is 11.6 Å². The largest absolute Gasteiger partial charge is 0.348 e. The number of rotatable bonds is 4. The molecule has 0 unspecified atom stereocenters. The highest BCUT2D eigenvalue weighted by Crippen LogP contribution is 2.32. The van der Waals surface area contributed by atoms with Gasteiger partial charge in [-0.05, 0) is 25.0 Å². The van der Waals surface area contributed by atoms with Crippen molar-refractivity contribution in [3.05, 3.63) is 40.4 Å². The molecular weight excluding hydrogens is 356 g/mol. The lowest BCUT2D eigenvalue weighted by atomic mass is 10.2. The molecule has 132 valence electrons. The first-order valence-corrected chi connectivity index (χ1v) is 9.88. The molecule has 7 heteroatoms. The minimum Gasteiger partial charge on any atom is -0.348 e. The number of amides is 1. The van der Waals surface area contributed by atoms with Crippen LogP contribution in [0.15, 0.2) is 30.3 Å². The Labute approximate surface area is 156 Å². The fourth-order valence-corrected chi connectivity index (χ4v) is 4.76. The maximum Gasteiger partial charge on any atom is 0.241 e. The van der Waals surface area contributed by atoms with Crippen molar-refractivity contribution in [3.8, 4) is 0 Å². The summed E-state index contributed by atoms with van der Waals surface area (Å²) in [6, 6.07) is 9.86. The summed E-state index contributed by atoms with van der Waals surface area (Å²) in [5.41, 5.74) is 0.972. The van der Waals surface area contributed by atoms with E-state index in [1.54, 1.807) is 11.3 Å². The van der Waals surface area contributed by atoms with Gasteiger partial charge in [0.25, 0.3) is 0 Å². The number of carbonyl (C=O) groups is 1. The zero-order chi connectivity index (χ0) is 17.2. The molecule has 2 fully saturated rings. The minimum atomic E-state index is 0.137. The summed E-state index contributed by atoms with van der Waals surface area (Å²) in [6.45, 7) is 4.79. The fraction of sp³-hybridized carbons (Fsp3) is 0.444. The van der Waals surface area contributed by atoms with Crippen molar-refractivity contribution in [2.24, 2.45) is 0 Å². The van der Waals surface area contributed by atoms with Gasteiger partial charge in [0.15, 0.2) is 5.13 Å². The summed E-state index contributed by atoms with van der Waals surface area (Å²) in [7, 11) is 0. The molecule has 2 aliphatic heterocycles. The number of nitrogens with zero attached hydrogens (tertiary/aromatic N) is 4. The van der Waals surface area contributed by atoms with Crippen LogP contribution in [0.25, 0.3) is 0 Å². The molecule has 2 aliphatic rings. The highest BCUT2D eigenvalue weighted by molar-refractivity contribution is 7.16. The van der Waals surface area contributed by atoms with E-state index in [0.29, 0.717) is 24.8 Å². The average Bonchev–Trinajstić information content (AvgIpc) is 3.26. The Hall–Kier alpha value is -1.63. The van der Waals surface area contributed by atoms with Gasteiger partial charge in [0.05, 0.1) is 11.4 Å². The standard InChI is InChI=1S/C18H21ClN4OS/c19-17-15(25-18(20-17)22-8-4-5-9-22)12-21-10-11-23(16(24)13-21)14-6-2-1-3-7-14/h1-3,6-7H,4-5,8-13H2. The molecule has 0 radical (unpaired) electrons. The zero-order valence-electron chi connectivity index (χ0n) is 14.0. The van der Waals surface area contributed by atoms with Crippen molar-refractivity contribution >= 4 is 39.7 Å². The van der Waals surface area contributed by atoms with Crippen LogP contribution in [0.3, 0.4) is 0 Å². The van der Waals surface area contributed by atoms with E-state index in [0.717, 1.165) is 35.3 Å². The molecule has 5 nitrogen and oxygen atoms in total. The first-order chi connectivity index (χ1) is 12.2. The summed E-state index contributed by atoms with van der Waals surface area (Å²) in [6.07, 6.45) is 2.45. The van der Waals surface area contributed by atoms with Gasteiger partial charge in [-0.1, -0.05) is 41.1 Å². The summed E-state index contributed by atoms with van der Waals surface area (Å²) in [4.78, 5) is 24.4. The molecule has 2 aromatic rings. The first-order valence-electron chi connectivity index (χ1n) is 8.68. The molecule has 0 atom stereocenters. The maximum atomic E-state index is 12.5. The van der Waals surface area contributed by atoms with Crippen LogP contribution in [-0.2, 0) is 11.3 Å². The van der Waals surface area contributed by atoms with Crippen LogP contribution >= 0.6 is 22.9 Å². The van der Waals surface area contributed by atoms with Gasteiger partial charge in [0.1, 0.15) is 5.15 Å². The van der Waals surface area contributed by atoms with E-state index in [2.05, 4.69) is 14.8 Å². The Kier molecular flexibility index (Phi) is 4.92. The molecule has 1 aromatic carbocycles. The number of piperazine rings is 1. The van der Waals surface area contributed by atoms with Crippen LogP contribution in [0.5, 0.6) is 0 Å². The zero-order valence-corrected chi connectivity index (χ0v) is 15.6. The first kappa shape index (κ1) is 16.8. The number of para-hydroxylation sites is 1. The molecule has 25 heavy (non-hydrogen) atoms. The molecule has 0 bridgehead atoms. The second-order valence-electron chi connectivity index (χ2n) is 6.50. The van der Waals surface area contributed by atoms with Crippen LogP contribution in [0, 0.1) is 0 Å². The maximum absolute atomic E-state index is 12.5. The second kappa shape index (κ2) is 7.32. The highest BCUT2D eigenvalue weighted by atomic mass is 35.5. The molecule has 2 saturated heterocycles. The van der Waals surface area contributed by atoms with E-state index in [1.807, 2.05) is 35.2 Å². The average molecular weight is 377 g/mol. The van der Waals surface area contributed by atoms with Crippen molar-refractivity contribution in [2.45, 2.75) is 19.4 Å². The van der Waals surface area contributed by atoms with Gasteiger partial charge < -0.3 is 9.80 Å². The third-order valence-electron chi connectivity index (χ3n) is 4.75. The SMILES string of the molecule is O=C1CN(Cc2sc(N3CCCC3)nc2Cl)CCN1c1ccccc1. The van der Waals surface area contributed by atoms with Crippen molar-refractivity contribution in [1.82, 2.24) is 9.88 Å². The Bertz CT molecular complexity index is 745. The second-order valence-corrected chi connectivity index (χ2v) is 7.92. The quantitative estimate of drug-likeness (QED) is 0.821. The third kappa shape index (κ3) is 3.66. The smallest absolute Gasteiger partial charge is 0.241 e. The summed E-state index contributed by atoms with van der Waals surface area (Å²) in [5, 5.41) is 1.61. The molecule has 0 spiro atoms. The third-order valence-corrected chi connectivity index (χ3v) is 6.28. The fourth-order valence-electron chi connectivity index (χ4n) is 3.40. The van der Waals surface area contributed by atoms with Gasteiger partial charge in [-0.2, -0.15) is 0 Å². The molecule has 1 amide bonds. The van der Waals surface area contributed by atoms with E-state index >= 15 is 0 Å². The number of anilines is 2. The van der Waals surface area contributed by atoms with Crippen molar-refractivity contribution < 1.29 is 4.79 Å². The Morgan fingerprint density at radius 3 is 2.56 bits per heavy atom. The van der Waals surface area contributed by atoms with Crippen LogP contribution in [0.1, 0.15) is 17.7 Å². The van der Waals surface area contributed by atoms with Crippen LogP contribution in [-0.4, -0.2) is 48.5 Å². The molecule has 4 rings (SSSR count). The van der Waals surface area contributed by atoms with Gasteiger partial charge >= 0.3 is 0 Å². The normalized spacial score (nSPS) is 19.0. The van der Waals surface area contributed by atoms with Crippen LogP contribution in [0.2, 0.25) is 5.15 Å². The molecule has 3 heterocycles. The van der Waals surface area contributed by atoms with E-state index in [9.17, 15) is 4.79 Å². The number of halogens is 1. The van der Waals surface area contributed by atoms with Gasteiger partial charge in [0, 0.05) is 38.4 Å². The molecule has 0 saturated carbocycles. The number of benzene rings is 1. The summed E-state index contributed by atoms with van der Waals surface area (Å²) < 4.78 is 0. The monoisotopic (exact) mass is 376 g/mol. The lowest BCUT2D eigenvalue weighted by Gasteiger charge is -2.34. The van der Waals surface area contributed by atoms with Gasteiger partial charge in [-0.25, -0.2) is 4.98 Å². The predicted octanol–water partition coefficient (Wildman–Crippen LogP) is 3.25. The lowest BCUT2D eigenvalue weighted by Crippen LogP contribution is -2.50. The lowest BCUT2D eigenvalue weighted by molar-refractivity contribution is -0.121. The Balaban J connectivity index is 1.40. The summed E-state index contributed by atoms with van der Waals surface area (Å²) in [5.74, 6) is 0.137. The molecule has 0 N–H and O–H groups in total. The van der Waals surface area contributed by atoms with Crippen LogP contribution in [0.4, 0.5) is 10.8 Å². The molecular formula is C18H21ClN4OS. The number of hydrogen-bond acceptors (Lipinski definition) is 5. The van der Waals surface area contributed by atoms with Crippen molar-refractivity contribution in [2.75, 3.05) is 42.5 Å². The van der Waals surface area contributed by atoms with Crippen molar-refractivity contribution in [3.63, 3.8) is 0 Å².